The van der Waals surface area contributed by atoms with Gasteiger partial charge in [0, 0.05) is 18.0 Å². The van der Waals surface area contributed by atoms with Crippen LogP contribution < -0.4 is 0 Å². The molecular weight excluding hydrogens is 184 g/mol. The summed E-state index contributed by atoms with van der Waals surface area (Å²) in [4.78, 5) is 8.51. The molecule has 1 spiro atoms. The highest BCUT2D eigenvalue weighted by molar-refractivity contribution is 6.68. The van der Waals surface area contributed by atoms with Gasteiger partial charge in [-0.25, -0.2) is 4.99 Å². The standard InChI is InChI=1S/C10H9ClN2/c11-9-10(3-1-4-10)7-6-12-5-2-8(7)13-9/h2,5-6H,1,3-4H2. The third-order valence-electron chi connectivity index (χ3n) is 3.13. The number of halogens is 1. The molecule has 0 amide bonds. The van der Waals surface area contributed by atoms with Crippen molar-refractivity contribution >= 4 is 22.5 Å². The van der Waals surface area contributed by atoms with E-state index in [1.54, 1.807) is 6.20 Å². The Hall–Kier alpha value is -0.890. The van der Waals surface area contributed by atoms with Crippen molar-refractivity contribution in [3.05, 3.63) is 24.0 Å². The maximum Gasteiger partial charge on any atom is 0.117 e. The van der Waals surface area contributed by atoms with Crippen molar-refractivity contribution in [3.8, 4) is 0 Å². The predicted octanol–water partition coefficient (Wildman–Crippen LogP) is 2.79. The van der Waals surface area contributed by atoms with Gasteiger partial charge in [0.2, 0.25) is 0 Å². The van der Waals surface area contributed by atoms with Crippen LogP contribution in [0.3, 0.4) is 0 Å². The molecular formula is C10H9ClN2. The first-order chi connectivity index (χ1) is 6.33. The molecule has 0 radical (unpaired) electrons. The number of aromatic nitrogens is 1. The SMILES string of the molecule is ClC1=Nc2ccncc2C12CCC2. The van der Waals surface area contributed by atoms with Gasteiger partial charge >= 0.3 is 0 Å². The molecule has 0 atom stereocenters. The summed E-state index contributed by atoms with van der Waals surface area (Å²) in [6.45, 7) is 0. The lowest BCUT2D eigenvalue weighted by Crippen LogP contribution is -2.37. The molecule has 1 saturated carbocycles. The second kappa shape index (κ2) is 2.32. The van der Waals surface area contributed by atoms with Crippen LogP contribution in [-0.2, 0) is 5.41 Å². The first-order valence-corrected chi connectivity index (χ1v) is 4.90. The van der Waals surface area contributed by atoms with Gasteiger partial charge in [0.05, 0.1) is 11.1 Å². The summed E-state index contributed by atoms with van der Waals surface area (Å²) in [5.74, 6) is 0. The molecule has 0 unspecified atom stereocenters. The van der Waals surface area contributed by atoms with Gasteiger partial charge in [0.15, 0.2) is 0 Å². The zero-order chi connectivity index (χ0) is 8.89. The number of nitrogens with zero attached hydrogens (tertiary/aromatic N) is 2. The van der Waals surface area contributed by atoms with Crippen molar-refractivity contribution in [2.45, 2.75) is 24.7 Å². The Morgan fingerprint density at radius 1 is 1.38 bits per heavy atom. The van der Waals surface area contributed by atoms with Gasteiger partial charge in [-0.15, -0.1) is 0 Å². The number of hydrogen-bond donors (Lipinski definition) is 0. The quantitative estimate of drug-likeness (QED) is 0.621. The monoisotopic (exact) mass is 192 g/mol. The Kier molecular flexibility index (Phi) is 1.34. The lowest BCUT2D eigenvalue weighted by Gasteiger charge is -2.37. The molecule has 2 nitrogen and oxygen atoms in total. The highest BCUT2D eigenvalue weighted by Gasteiger charge is 2.47. The lowest BCUT2D eigenvalue weighted by atomic mass is 9.66. The molecule has 1 fully saturated rings. The van der Waals surface area contributed by atoms with Crippen LogP contribution in [0, 0.1) is 0 Å². The average Bonchev–Trinajstić information content (AvgIpc) is 2.35. The second-order valence-corrected chi connectivity index (χ2v) is 4.09. The normalized spacial score (nSPS) is 22.4. The number of pyridine rings is 1. The number of rotatable bonds is 0. The molecule has 1 aromatic heterocycles. The molecule has 0 saturated heterocycles. The Morgan fingerprint density at radius 2 is 2.23 bits per heavy atom. The molecule has 0 N–H and O–H groups in total. The molecule has 1 aliphatic heterocycles. The molecule has 66 valence electrons. The third kappa shape index (κ3) is 0.792. The van der Waals surface area contributed by atoms with E-state index in [9.17, 15) is 0 Å². The Labute approximate surface area is 81.7 Å². The number of hydrogen-bond acceptors (Lipinski definition) is 2. The fourth-order valence-electron chi connectivity index (χ4n) is 2.18. The van der Waals surface area contributed by atoms with Crippen LogP contribution in [0.15, 0.2) is 23.5 Å². The smallest absolute Gasteiger partial charge is 0.117 e. The first-order valence-electron chi connectivity index (χ1n) is 4.52. The van der Waals surface area contributed by atoms with Gasteiger partial charge in [0.1, 0.15) is 5.17 Å². The van der Waals surface area contributed by atoms with Crippen molar-refractivity contribution in [1.82, 2.24) is 4.98 Å². The Morgan fingerprint density at radius 3 is 2.92 bits per heavy atom. The van der Waals surface area contributed by atoms with Gasteiger partial charge in [-0.1, -0.05) is 18.0 Å². The van der Waals surface area contributed by atoms with Gasteiger partial charge < -0.3 is 0 Å². The molecule has 3 rings (SSSR count). The predicted molar refractivity (Wildman–Crippen MR) is 52.7 cm³/mol. The molecule has 0 aromatic carbocycles. The molecule has 0 bridgehead atoms. The van der Waals surface area contributed by atoms with E-state index in [2.05, 4.69) is 9.98 Å². The van der Waals surface area contributed by atoms with E-state index in [1.807, 2.05) is 12.3 Å². The molecule has 13 heavy (non-hydrogen) atoms. The van der Waals surface area contributed by atoms with E-state index >= 15 is 0 Å². The molecule has 1 aromatic rings. The Balaban J connectivity index is 2.22. The lowest BCUT2D eigenvalue weighted by molar-refractivity contribution is 0.350. The van der Waals surface area contributed by atoms with E-state index in [0.717, 1.165) is 23.7 Å². The van der Waals surface area contributed by atoms with Crippen LogP contribution in [0.5, 0.6) is 0 Å². The zero-order valence-electron chi connectivity index (χ0n) is 7.13. The van der Waals surface area contributed by atoms with E-state index in [0.29, 0.717) is 0 Å². The molecule has 1 aliphatic carbocycles. The van der Waals surface area contributed by atoms with Crippen LogP contribution in [0.2, 0.25) is 0 Å². The van der Waals surface area contributed by atoms with Crippen LogP contribution in [0.25, 0.3) is 0 Å². The fraction of sp³-hybridized carbons (Fsp3) is 0.400. The van der Waals surface area contributed by atoms with E-state index in [4.69, 9.17) is 11.6 Å². The molecule has 2 aliphatic rings. The fourth-order valence-corrected chi connectivity index (χ4v) is 2.57. The average molecular weight is 193 g/mol. The van der Waals surface area contributed by atoms with E-state index in [1.165, 1.54) is 12.0 Å². The zero-order valence-corrected chi connectivity index (χ0v) is 7.88. The molecule has 2 heterocycles. The minimum absolute atomic E-state index is 0.0607. The van der Waals surface area contributed by atoms with Crippen molar-refractivity contribution < 1.29 is 0 Å². The van der Waals surface area contributed by atoms with Crippen molar-refractivity contribution in [2.24, 2.45) is 4.99 Å². The number of fused-ring (bicyclic) bond motifs is 2. The summed E-state index contributed by atoms with van der Waals surface area (Å²) < 4.78 is 0. The van der Waals surface area contributed by atoms with Crippen molar-refractivity contribution in [3.63, 3.8) is 0 Å². The second-order valence-electron chi connectivity index (χ2n) is 3.73. The largest absolute Gasteiger partial charge is 0.264 e. The summed E-state index contributed by atoms with van der Waals surface area (Å²) in [5.41, 5.74) is 2.30. The van der Waals surface area contributed by atoms with Gasteiger partial charge in [0.25, 0.3) is 0 Å². The summed E-state index contributed by atoms with van der Waals surface area (Å²) in [6.07, 6.45) is 7.19. The van der Waals surface area contributed by atoms with E-state index < -0.39 is 0 Å². The van der Waals surface area contributed by atoms with Crippen molar-refractivity contribution in [1.29, 1.82) is 0 Å². The minimum Gasteiger partial charge on any atom is -0.264 e. The van der Waals surface area contributed by atoms with Gasteiger partial charge in [-0.05, 0) is 18.9 Å². The van der Waals surface area contributed by atoms with Crippen LogP contribution >= 0.6 is 11.6 Å². The first kappa shape index (κ1) is 7.51. The summed E-state index contributed by atoms with van der Waals surface area (Å²) >= 11 is 6.16. The van der Waals surface area contributed by atoms with Gasteiger partial charge in [-0.3, -0.25) is 4.98 Å². The highest BCUT2D eigenvalue weighted by atomic mass is 35.5. The Bertz CT molecular complexity index is 394. The summed E-state index contributed by atoms with van der Waals surface area (Å²) in [6, 6.07) is 1.94. The summed E-state index contributed by atoms with van der Waals surface area (Å²) in [5, 5.41) is 0.766. The summed E-state index contributed by atoms with van der Waals surface area (Å²) in [7, 11) is 0. The maximum atomic E-state index is 6.16. The molecule has 3 heteroatoms. The van der Waals surface area contributed by atoms with Crippen LogP contribution in [0.4, 0.5) is 5.69 Å². The highest BCUT2D eigenvalue weighted by Crippen LogP contribution is 2.52. The van der Waals surface area contributed by atoms with Crippen LogP contribution in [0.1, 0.15) is 24.8 Å². The topological polar surface area (TPSA) is 25.2 Å². The third-order valence-corrected chi connectivity index (χ3v) is 3.58. The van der Waals surface area contributed by atoms with Crippen LogP contribution in [-0.4, -0.2) is 10.2 Å². The van der Waals surface area contributed by atoms with Crippen molar-refractivity contribution in [2.75, 3.05) is 0 Å². The maximum absolute atomic E-state index is 6.16. The van der Waals surface area contributed by atoms with E-state index in [-0.39, 0.29) is 5.41 Å². The number of aliphatic imine (C=N–C) groups is 1. The minimum atomic E-state index is 0.0607. The van der Waals surface area contributed by atoms with Gasteiger partial charge in [-0.2, -0.15) is 0 Å².